The smallest absolute Gasteiger partial charge is 0.287 e. The van der Waals surface area contributed by atoms with Crippen molar-refractivity contribution in [1.82, 2.24) is 9.78 Å². The molecule has 0 fully saturated rings. The van der Waals surface area contributed by atoms with Gasteiger partial charge >= 0.3 is 0 Å². The van der Waals surface area contributed by atoms with Crippen molar-refractivity contribution in [3.63, 3.8) is 0 Å². The Labute approximate surface area is 117 Å². The van der Waals surface area contributed by atoms with Crippen LogP contribution in [0.3, 0.4) is 0 Å². The van der Waals surface area contributed by atoms with E-state index in [1.165, 1.54) is 4.68 Å². The lowest BCUT2D eigenvalue weighted by Crippen LogP contribution is -2.29. The zero-order valence-corrected chi connectivity index (χ0v) is 12.2. The molecule has 0 spiro atoms. The monoisotopic (exact) mass is 289 g/mol. The van der Waals surface area contributed by atoms with Gasteiger partial charge < -0.3 is 14.8 Å². The molecule has 1 unspecified atom stereocenters. The van der Waals surface area contributed by atoms with Crippen LogP contribution in [0.1, 0.15) is 13.3 Å². The molecule has 19 heavy (non-hydrogen) atoms. The van der Waals surface area contributed by atoms with Gasteiger partial charge in [-0.2, -0.15) is 5.10 Å². The SMILES string of the molecule is CCC(COC)Nc1cnn(CCOC)c(=O)c1Cl. The van der Waals surface area contributed by atoms with Gasteiger partial charge in [0, 0.05) is 20.3 Å². The molecule has 0 saturated carbocycles. The molecule has 0 aliphatic carbocycles. The van der Waals surface area contributed by atoms with Crippen LogP contribution in [0.25, 0.3) is 0 Å². The van der Waals surface area contributed by atoms with Crippen LogP contribution in [0, 0.1) is 0 Å². The van der Waals surface area contributed by atoms with Crippen molar-refractivity contribution in [2.75, 3.05) is 32.8 Å². The molecule has 0 aliphatic heterocycles. The van der Waals surface area contributed by atoms with E-state index in [1.807, 2.05) is 6.92 Å². The lowest BCUT2D eigenvalue weighted by atomic mass is 10.2. The van der Waals surface area contributed by atoms with Crippen molar-refractivity contribution >= 4 is 17.3 Å². The Morgan fingerprint density at radius 3 is 2.79 bits per heavy atom. The summed E-state index contributed by atoms with van der Waals surface area (Å²) in [6.45, 7) is 3.36. The summed E-state index contributed by atoms with van der Waals surface area (Å²) in [5, 5.41) is 7.36. The van der Waals surface area contributed by atoms with E-state index in [-0.39, 0.29) is 16.6 Å². The fourth-order valence-electron chi connectivity index (χ4n) is 1.59. The minimum absolute atomic E-state index is 0.0959. The molecule has 0 saturated heterocycles. The molecular weight excluding hydrogens is 270 g/mol. The van der Waals surface area contributed by atoms with E-state index in [4.69, 9.17) is 21.1 Å². The van der Waals surface area contributed by atoms with Crippen LogP contribution in [0.4, 0.5) is 5.69 Å². The number of nitrogens with zero attached hydrogens (tertiary/aromatic N) is 2. The number of hydrogen-bond donors (Lipinski definition) is 1. The molecule has 1 rings (SSSR count). The van der Waals surface area contributed by atoms with Gasteiger partial charge in [-0.15, -0.1) is 0 Å². The maximum atomic E-state index is 12.0. The van der Waals surface area contributed by atoms with Crippen LogP contribution in [-0.4, -0.2) is 43.3 Å². The number of halogens is 1. The van der Waals surface area contributed by atoms with E-state index in [9.17, 15) is 4.79 Å². The van der Waals surface area contributed by atoms with Gasteiger partial charge in [0.15, 0.2) is 0 Å². The number of aromatic nitrogens is 2. The largest absolute Gasteiger partial charge is 0.383 e. The predicted molar refractivity (Wildman–Crippen MR) is 75.0 cm³/mol. The van der Waals surface area contributed by atoms with Crippen LogP contribution < -0.4 is 10.9 Å². The van der Waals surface area contributed by atoms with E-state index < -0.39 is 0 Å². The van der Waals surface area contributed by atoms with Gasteiger partial charge in [-0.3, -0.25) is 4.79 Å². The molecule has 1 heterocycles. The summed E-state index contributed by atoms with van der Waals surface area (Å²) in [4.78, 5) is 12.0. The molecule has 0 radical (unpaired) electrons. The molecule has 1 atom stereocenters. The maximum Gasteiger partial charge on any atom is 0.287 e. The van der Waals surface area contributed by atoms with Crippen molar-refractivity contribution < 1.29 is 9.47 Å². The van der Waals surface area contributed by atoms with Crippen molar-refractivity contribution in [3.05, 3.63) is 21.6 Å². The van der Waals surface area contributed by atoms with Gasteiger partial charge in [-0.1, -0.05) is 18.5 Å². The van der Waals surface area contributed by atoms with E-state index in [2.05, 4.69) is 10.4 Å². The molecule has 0 aromatic carbocycles. The van der Waals surface area contributed by atoms with Gasteiger partial charge in [0.2, 0.25) is 0 Å². The standard InChI is InChI=1S/C12H20ClN3O3/c1-4-9(8-19-3)15-10-7-14-16(5-6-18-2)12(17)11(10)13/h7,9,15H,4-6,8H2,1-3H3. The Kier molecular flexibility index (Phi) is 6.83. The first-order valence-electron chi connectivity index (χ1n) is 6.14. The van der Waals surface area contributed by atoms with Gasteiger partial charge in [0.05, 0.1) is 31.6 Å². The fraction of sp³-hybridized carbons (Fsp3) is 0.667. The highest BCUT2D eigenvalue weighted by atomic mass is 35.5. The van der Waals surface area contributed by atoms with Crippen LogP contribution in [0.15, 0.2) is 11.0 Å². The normalized spacial score (nSPS) is 12.4. The molecule has 1 aromatic rings. The first-order chi connectivity index (χ1) is 9.13. The molecule has 1 N–H and O–H groups in total. The minimum Gasteiger partial charge on any atom is -0.383 e. The van der Waals surface area contributed by atoms with E-state index in [1.54, 1.807) is 20.4 Å². The highest BCUT2D eigenvalue weighted by Crippen LogP contribution is 2.17. The van der Waals surface area contributed by atoms with Gasteiger partial charge in [-0.05, 0) is 6.42 Å². The average Bonchev–Trinajstić information content (AvgIpc) is 2.42. The third kappa shape index (κ3) is 4.49. The van der Waals surface area contributed by atoms with Crippen LogP contribution >= 0.6 is 11.6 Å². The van der Waals surface area contributed by atoms with Crippen LogP contribution in [-0.2, 0) is 16.0 Å². The highest BCUT2D eigenvalue weighted by Gasteiger charge is 2.12. The summed E-state index contributed by atoms with van der Waals surface area (Å²) in [7, 11) is 3.20. The first kappa shape index (κ1) is 15.9. The van der Waals surface area contributed by atoms with Crippen molar-refractivity contribution in [2.45, 2.75) is 25.9 Å². The number of rotatable bonds is 8. The van der Waals surface area contributed by atoms with Crippen molar-refractivity contribution in [2.24, 2.45) is 0 Å². The van der Waals surface area contributed by atoms with E-state index in [0.717, 1.165) is 6.42 Å². The van der Waals surface area contributed by atoms with Gasteiger partial charge in [0.1, 0.15) is 5.02 Å². The Morgan fingerprint density at radius 2 is 2.21 bits per heavy atom. The number of nitrogens with one attached hydrogen (secondary N) is 1. The second-order valence-electron chi connectivity index (χ2n) is 4.10. The summed E-state index contributed by atoms with van der Waals surface area (Å²) in [5.74, 6) is 0. The molecular formula is C12H20ClN3O3. The molecule has 108 valence electrons. The maximum absolute atomic E-state index is 12.0. The average molecular weight is 290 g/mol. The number of anilines is 1. The third-order valence-electron chi connectivity index (χ3n) is 2.71. The Morgan fingerprint density at radius 1 is 1.47 bits per heavy atom. The Balaban J connectivity index is 2.86. The van der Waals surface area contributed by atoms with E-state index in [0.29, 0.717) is 25.4 Å². The first-order valence-corrected chi connectivity index (χ1v) is 6.51. The predicted octanol–water partition coefficient (Wildman–Crippen LogP) is 1.38. The van der Waals surface area contributed by atoms with Crippen molar-refractivity contribution in [3.8, 4) is 0 Å². The number of ether oxygens (including phenoxy) is 2. The molecule has 6 nitrogen and oxygen atoms in total. The molecule has 1 aromatic heterocycles. The quantitative estimate of drug-likeness (QED) is 0.783. The summed E-state index contributed by atoms with van der Waals surface area (Å²) >= 11 is 6.06. The Hall–Kier alpha value is -1.11. The highest BCUT2D eigenvalue weighted by molar-refractivity contribution is 6.32. The summed E-state index contributed by atoms with van der Waals surface area (Å²) in [5.41, 5.74) is 0.209. The fourth-order valence-corrected chi connectivity index (χ4v) is 1.79. The zero-order valence-electron chi connectivity index (χ0n) is 11.5. The van der Waals surface area contributed by atoms with E-state index >= 15 is 0 Å². The van der Waals surface area contributed by atoms with Crippen LogP contribution in [0.5, 0.6) is 0 Å². The summed E-state index contributed by atoms with van der Waals surface area (Å²) in [6.07, 6.45) is 2.41. The van der Waals surface area contributed by atoms with Gasteiger partial charge in [0.25, 0.3) is 5.56 Å². The number of methoxy groups -OCH3 is 2. The molecule has 0 amide bonds. The zero-order chi connectivity index (χ0) is 14.3. The second kappa shape index (κ2) is 8.14. The molecule has 7 heteroatoms. The molecule has 0 bridgehead atoms. The lowest BCUT2D eigenvalue weighted by Gasteiger charge is -2.18. The Bertz CT molecular complexity index is 450. The number of hydrogen-bond acceptors (Lipinski definition) is 5. The van der Waals surface area contributed by atoms with Gasteiger partial charge in [-0.25, -0.2) is 4.68 Å². The third-order valence-corrected chi connectivity index (χ3v) is 3.08. The molecule has 0 aliphatic rings. The minimum atomic E-state index is -0.323. The second-order valence-corrected chi connectivity index (χ2v) is 4.48. The topological polar surface area (TPSA) is 65.4 Å². The summed E-state index contributed by atoms with van der Waals surface area (Å²) in [6, 6.07) is 0.0959. The van der Waals surface area contributed by atoms with Crippen LogP contribution in [0.2, 0.25) is 5.02 Å². The lowest BCUT2D eigenvalue weighted by molar-refractivity contribution is 0.181. The summed E-state index contributed by atoms with van der Waals surface area (Å²) < 4.78 is 11.3. The van der Waals surface area contributed by atoms with Crippen molar-refractivity contribution in [1.29, 1.82) is 0 Å².